The number of carbonyl (C=O) groups is 1. The summed E-state index contributed by atoms with van der Waals surface area (Å²) in [6.45, 7) is 3.53. The molecule has 2 aromatic carbocycles. The largest absolute Gasteiger partial charge is 0.355 e. The minimum absolute atomic E-state index is 0.00996. The summed E-state index contributed by atoms with van der Waals surface area (Å²) in [4.78, 5) is 14.5. The fourth-order valence-corrected chi connectivity index (χ4v) is 2.53. The van der Waals surface area contributed by atoms with Crippen LogP contribution in [-0.2, 0) is 4.79 Å². The van der Waals surface area contributed by atoms with Gasteiger partial charge < -0.3 is 10.3 Å². The summed E-state index contributed by atoms with van der Waals surface area (Å²) in [7, 11) is 0. The molecule has 3 heteroatoms. The second-order valence-corrected chi connectivity index (χ2v) is 4.90. The summed E-state index contributed by atoms with van der Waals surface area (Å²) in [6, 6.07) is 14.6. The molecule has 0 spiro atoms. The third kappa shape index (κ3) is 2.08. The van der Waals surface area contributed by atoms with Gasteiger partial charge in [0.1, 0.15) is 0 Å². The van der Waals surface area contributed by atoms with E-state index in [9.17, 15) is 4.79 Å². The summed E-state index contributed by atoms with van der Waals surface area (Å²) < 4.78 is 0. The normalized spacial score (nSPS) is 12.7. The molecule has 0 aliphatic rings. The van der Waals surface area contributed by atoms with Crippen molar-refractivity contribution in [2.24, 2.45) is 0 Å². The molecule has 0 unspecified atom stereocenters. The zero-order valence-electron chi connectivity index (χ0n) is 11.0. The summed E-state index contributed by atoms with van der Waals surface area (Å²) in [6.07, 6.45) is 0. The van der Waals surface area contributed by atoms with Crippen LogP contribution < -0.4 is 5.32 Å². The van der Waals surface area contributed by atoms with Gasteiger partial charge in [0, 0.05) is 28.7 Å². The third-order valence-corrected chi connectivity index (χ3v) is 3.45. The van der Waals surface area contributed by atoms with Crippen LogP contribution in [0, 0.1) is 0 Å². The summed E-state index contributed by atoms with van der Waals surface area (Å²) in [5.41, 5.74) is 3.35. The first-order chi connectivity index (χ1) is 9.15. The molecule has 0 aliphatic carbocycles. The Morgan fingerprint density at radius 3 is 2.63 bits per heavy atom. The van der Waals surface area contributed by atoms with Gasteiger partial charge in [0.25, 0.3) is 0 Å². The average molecular weight is 252 g/mol. The number of hydrogen-bond donors (Lipinski definition) is 2. The first kappa shape index (κ1) is 11.8. The van der Waals surface area contributed by atoms with E-state index in [4.69, 9.17) is 0 Å². The highest BCUT2D eigenvalue weighted by molar-refractivity contribution is 6.07. The topological polar surface area (TPSA) is 44.9 Å². The number of fused-ring (bicyclic) bond motifs is 3. The molecular weight excluding hydrogens is 236 g/mol. The van der Waals surface area contributed by atoms with Crippen LogP contribution in [0.25, 0.3) is 21.8 Å². The van der Waals surface area contributed by atoms with E-state index >= 15 is 0 Å². The molecule has 1 amide bonds. The third-order valence-electron chi connectivity index (χ3n) is 3.45. The predicted molar refractivity (Wildman–Crippen MR) is 78.0 cm³/mol. The molecule has 0 fully saturated rings. The Balaban J connectivity index is 2.10. The number of para-hydroxylation sites is 1. The maximum atomic E-state index is 11.1. The first-order valence-electron chi connectivity index (χ1n) is 6.42. The number of benzene rings is 2. The molecule has 0 radical (unpaired) electrons. The van der Waals surface area contributed by atoms with Crippen molar-refractivity contribution in [3.05, 3.63) is 48.0 Å². The maximum Gasteiger partial charge on any atom is 0.217 e. The van der Waals surface area contributed by atoms with Gasteiger partial charge in [-0.1, -0.05) is 30.3 Å². The van der Waals surface area contributed by atoms with Crippen LogP contribution in [0.3, 0.4) is 0 Å². The fourth-order valence-electron chi connectivity index (χ4n) is 2.53. The molecule has 2 N–H and O–H groups in total. The standard InChI is InChI=1S/C16H16N2O/c1-10(17-11(2)19)12-7-8-14-13-5-3-4-6-15(13)18-16(14)9-12/h3-10,18H,1-2H3,(H,17,19)/t10-/m1/s1. The number of hydrogen-bond acceptors (Lipinski definition) is 1. The smallest absolute Gasteiger partial charge is 0.217 e. The molecule has 0 aliphatic heterocycles. The zero-order chi connectivity index (χ0) is 13.4. The number of aromatic nitrogens is 1. The summed E-state index contributed by atoms with van der Waals surface area (Å²) in [5, 5.41) is 5.35. The van der Waals surface area contributed by atoms with Crippen LogP contribution in [0.2, 0.25) is 0 Å². The number of amides is 1. The molecule has 19 heavy (non-hydrogen) atoms. The molecule has 1 atom stereocenters. The Morgan fingerprint density at radius 2 is 1.84 bits per heavy atom. The second-order valence-electron chi connectivity index (χ2n) is 4.90. The Kier molecular flexibility index (Phi) is 2.75. The molecule has 3 aromatic rings. The quantitative estimate of drug-likeness (QED) is 0.720. The van der Waals surface area contributed by atoms with Gasteiger partial charge in [-0.3, -0.25) is 4.79 Å². The van der Waals surface area contributed by atoms with Crippen molar-refractivity contribution < 1.29 is 4.79 Å². The fraction of sp³-hybridized carbons (Fsp3) is 0.188. The Labute approximate surface area is 111 Å². The van der Waals surface area contributed by atoms with Crippen LogP contribution in [-0.4, -0.2) is 10.9 Å². The van der Waals surface area contributed by atoms with Gasteiger partial charge >= 0.3 is 0 Å². The molecule has 1 heterocycles. The van der Waals surface area contributed by atoms with Crippen LogP contribution in [0.4, 0.5) is 0 Å². The van der Waals surface area contributed by atoms with Crippen molar-refractivity contribution in [1.82, 2.24) is 10.3 Å². The van der Waals surface area contributed by atoms with Gasteiger partial charge in [0.05, 0.1) is 6.04 Å². The lowest BCUT2D eigenvalue weighted by Gasteiger charge is -2.12. The van der Waals surface area contributed by atoms with E-state index in [-0.39, 0.29) is 11.9 Å². The predicted octanol–water partition coefficient (Wildman–Crippen LogP) is 3.52. The molecule has 3 rings (SSSR count). The minimum Gasteiger partial charge on any atom is -0.355 e. The lowest BCUT2D eigenvalue weighted by Crippen LogP contribution is -2.23. The van der Waals surface area contributed by atoms with Crippen molar-refractivity contribution in [3.8, 4) is 0 Å². The van der Waals surface area contributed by atoms with Gasteiger partial charge in [-0.2, -0.15) is 0 Å². The van der Waals surface area contributed by atoms with Crippen LogP contribution >= 0.6 is 0 Å². The highest BCUT2D eigenvalue weighted by Gasteiger charge is 2.09. The van der Waals surface area contributed by atoms with E-state index in [1.165, 1.54) is 17.7 Å². The van der Waals surface area contributed by atoms with E-state index in [1.807, 2.05) is 19.1 Å². The van der Waals surface area contributed by atoms with Crippen molar-refractivity contribution >= 4 is 27.7 Å². The number of carbonyl (C=O) groups excluding carboxylic acids is 1. The van der Waals surface area contributed by atoms with E-state index in [0.29, 0.717) is 0 Å². The first-order valence-corrected chi connectivity index (χ1v) is 6.42. The van der Waals surface area contributed by atoms with Gasteiger partial charge in [-0.25, -0.2) is 0 Å². The molecule has 0 bridgehead atoms. The summed E-state index contributed by atoms with van der Waals surface area (Å²) >= 11 is 0. The van der Waals surface area contributed by atoms with E-state index in [0.717, 1.165) is 16.6 Å². The lowest BCUT2D eigenvalue weighted by molar-refractivity contribution is -0.119. The Morgan fingerprint density at radius 1 is 1.11 bits per heavy atom. The monoisotopic (exact) mass is 252 g/mol. The number of nitrogens with one attached hydrogen (secondary N) is 2. The SMILES string of the molecule is CC(=O)N[C@H](C)c1ccc2c(c1)[nH]c1ccccc12. The van der Waals surface area contributed by atoms with E-state index in [2.05, 4.69) is 40.6 Å². The Hall–Kier alpha value is -2.29. The van der Waals surface area contributed by atoms with Crippen molar-refractivity contribution in [1.29, 1.82) is 0 Å². The van der Waals surface area contributed by atoms with Crippen molar-refractivity contribution in [2.45, 2.75) is 19.9 Å². The molecule has 0 saturated heterocycles. The van der Waals surface area contributed by atoms with Crippen molar-refractivity contribution in [3.63, 3.8) is 0 Å². The van der Waals surface area contributed by atoms with Gasteiger partial charge in [0.2, 0.25) is 5.91 Å². The van der Waals surface area contributed by atoms with Crippen molar-refractivity contribution in [2.75, 3.05) is 0 Å². The maximum absolute atomic E-state index is 11.1. The molecular formula is C16H16N2O. The van der Waals surface area contributed by atoms with Gasteiger partial charge in [-0.15, -0.1) is 0 Å². The van der Waals surface area contributed by atoms with E-state index in [1.54, 1.807) is 0 Å². The molecule has 1 aromatic heterocycles. The molecule has 96 valence electrons. The van der Waals surface area contributed by atoms with Crippen LogP contribution in [0.15, 0.2) is 42.5 Å². The number of rotatable bonds is 2. The Bertz CT molecular complexity index is 758. The number of aromatic amines is 1. The highest BCUT2D eigenvalue weighted by atomic mass is 16.1. The zero-order valence-corrected chi connectivity index (χ0v) is 11.0. The van der Waals surface area contributed by atoms with Gasteiger partial charge in [0.15, 0.2) is 0 Å². The van der Waals surface area contributed by atoms with Gasteiger partial charge in [-0.05, 0) is 24.6 Å². The van der Waals surface area contributed by atoms with E-state index < -0.39 is 0 Å². The lowest BCUT2D eigenvalue weighted by atomic mass is 10.1. The minimum atomic E-state index is -0.00996. The highest BCUT2D eigenvalue weighted by Crippen LogP contribution is 2.27. The molecule has 0 saturated carbocycles. The van der Waals surface area contributed by atoms with Crippen LogP contribution in [0.5, 0.6) is 0 Å². The average Bonchev–Trinajstić information content (AvgIpc) is 2.75. The van der Waals surface area contributed by atoms with Crippen LogP contribution in [0.1, 0.15) is 25.5 Å². The second kappa shape index (κ2) is 4.43. The number of H-pyrrole nitrogens is 1. The summed E-state index contributed by atoms with van der Waals surface area (Å²) in [5.74, 6) is -0.00996. The molecule has 3 nitrogen and oxygen atoms in total.